The van der Waals surface area contributed by atoms with Crippen molar-refractivity contribution in [3.8, 4) is 11.3 Å². The van der Waals surface area contributed by atoms with Crippen LogP contribution in [0.4, 0.5) is 0 Å². The highest BCUT2D eigenvalue weighted by Crippen LogP contribution is 2.43. The third kappa shape index (κ3) is 2.01. The first-order valence-electron chi connectivity index (χ1n) is 6.91. The van der Waals surface area contributed by atoms with Gasteiger partial charge in [-0.1, -0.05) is 38.1 Å². The summed E-state index contributed by atoms with van der Waals surface area (Å²) in [7, 11) is 0. The van der Waals surface area contributed by atoms with Crippen LogP contribution >= 0.6 is 11.3 Å². The summed E-state index contributed by atoms with van der Waals surface area (Å²) < 4.78 is 0. The third-order valence-electron chi connectivity index (χ3n) is 4.16. The lowest BCUT2D eigenvalue weighted by molar-refractivity contribution is 0.474. The monoisotopic (exact) mass is 272 g/mol. The van der Waals surface area contributed by atoms with Gasteiger partial charge in [0.2, 0.25) is 0 Å². The van der Waals surface area contributed by atoms with Crippen molar-refractivity contribution >= 4 is 11.3 Å². The Morgan fingerprint density at radius 3 is 2.89 bits per heavy atom. The number of fused-ring (bicyclic) bond motifs is 3. The van der Waals surface area contributed by atoms with Gasteiger partial charge in [-0.15, -0.1) is 11.3 Å². The van der Waals surface area contributed by atoms with Crippen LogP contribution in [0.5, 0.6) is 0 Å². The first-order valence-corrected chi connectivity index (χ1v) is 7.73. The lowest BCUT2D eigenvalue weighted by atomic mass is 9.85. The van der Waals surface area contributed by atoms with Gasteiger partial charge in [-0.2, -0.15) is 0 Å². The lowest BCUT2D eigenvalue weighted by Crippen LogP contribution is -2.31. The van der Waals surface area contributed by atoms with Crippen molar-refractivity contribution in [1.82, 2.24) is 4.98 Å². The molecule has 0 radical (unpaired) electrons. The van der Waals surface area contributed by atoms with Crippen LogP contribution in [-0.2, 0) is 12.0 Å². The molecule has 2 nitrogen and oxygen atoms in total. The molecule has 0 aliphatic heterocycles. The highest BCUT2D eigenvalue weighted by Gasteiger charge is 2.29. The van der Waals surface area contributed by atoms with Crippen molar-refractivity contribution in [1.29, 1.82) is 0 Å². The molecule has 0 bridgehead atoms. The minimum Gasteiger partial charge on any atom is -0.320 e. The normalized spacial score (nSPS) is 20.5. The molecule has 3 rings (SSSR count). The standard InChI is InChI=1S/C16H20N2S/c1-4-16(3,17)15-18-14-12-8-6-5-7-11(12)10(2)9-13(14)19-15/h5-8,10H,4,9,17H2,1-3H3. The second kappa shape index (κ2) is 4.43. The predicted molar refractivity (Wildman–Crippen MR) is 81.5 cm³/mol. The summed E-state index contributed by atoms with van der Waals surface area (Å²) in [6.07, 6.45) is 2.00. The maximum Gasteiger partial charge on any atom is 0.113 e. The van der Waals surface area contributed by atoms with Crippen molar-refractivity contribution < 1.29 is 0 Å². The molecule has 100 valence electrons. The van der Waals surface area contributed by atoms with Crippen molar-refractivity contribution in [3.05, 3.63) is 39.7 Å². The van der Waals surface area contributed by atoms with Crippen molar-refractivity contribution in [2.45, 2.75) is 45.1 Å². The molecule has 3 heteroatoms. The molecule has 0 amide bonds. The molecule has 2 unspecified atom stereocenters. The molecule has 2 aromatic rings. The molecule has 2 atom stereocenters. The number of nitrogens with zero attached hydrogens (tertiary/aromatic N) is 1. The van der Waals surface area contributed by atoms with Gasteiger partial charge in [0.05, 0.1) is 11.2 Å². The Bertz CT molecular complexity index is 613. The molecule has 0 fully saturated rings. The SMILES string of the molecule is CCC(C)(N)c1nc2c(s1)CC(C)c1ccccc1-2. The Labute approximate surface area is 118 Å². The largest absolute Gasteiger partial charge is 0.320 e. The van der Waals surface area contributed by atoms with E-state index in [0.29, 0.717) is 5.92 Å². The van der Waals surface area contributed by atoms with Gasteiger partial charge in [0.25, 0.3) is 0 Å². The van der Waals surface area contributed by atoms with Gasteiger partial charge >= 0.3 is 0 Å². The highest BCUT2D eigenvalue weighted by molar-refractivity contribution is 7.12. The zero-order valence-corrected chi connectivity index (χ0v) is 12.6. The van der Waals surface area contributed by atoms with E-state index in [4.69, 9.17) is 10.7 Å². The highest BCUT2D eigenvalue weighted by atomic mass is 32.1. The predicted octanol–water partition coefficient (Wildman–Crippen LogP) is 4.05. The third-order valence-corrected chi connectivity index (χ3v) is 5.52. The molecule has 19 heavy (non-hydrogen) atoms. The van der Waals surface area contributed by atoms with E-state index in [0.717, 1.165) is 17.8 Å². The summed E-state index contributed by atoms with van der Waals surface area (Å²) in [5.41, 5.74) is 9.93. The number of aromatic nitrogens is 1. The quantitative estimate of drug-likeness (QED) is 0.895. The van der Waals surface area contributed by atoms with E-state index >= 15 is 0 Å². The molecule has 1 aliphatic rings. The Kier molecular flexibility index (Phi) is 2.99. The number of hydrogen-bond acceptors (Lipinski definition) is 3. The number of thiazole rings is 1. The van der Waals surface area contributed by atoms with Gasteiger partial charge in [-0.05, 0) is 31.2 Å². The maximum absolute atomic E-state index is 6.35. The van der Waals surface area contributed by atoms with Crippen molar-refractivity contribution in [2.75, 3.05) is 0 Å². The second-order valence-corrected chi connectivity index (χ2v) is 6.84. The van der Waals surface area contributed by atoms with E-state index < -0.39 is 0 Å². The van der Waals surface area contributed by atoms with Gasteiger partial charge in [0.15, 0.2) is 0 Å². The summed E-state index contributed by atoms with van der Waals surface area (Å²) in [6.45, 7) is 6.49. The Balaban J connectivity index is 2.15. The van der Waals surface area contributed by atoms with Crippen molar-refractivity contribution in [2.24, 2.45) is 5.73 Å². The van der Waals surface area contributed by atoms with Gasteiger partial charge in [0, 0.05) is 10.4 Å². The maximum atomic E-state index is 6.35. The molecular formula is C16H20N2S. The Morgan fingerprint density at radius 1 is 1.42 bits per heavy atom. The van der Waals surface area contributed by atoms with Crippen LogP contribution in [0.1, 0.15) is 48.6 Å². The number of benzene rings is 1. The fourth-order valence-electron chi connectivity index (χ4n) is 2.63. The van der Waals surface area contributed by atoms with Crippen LogP contribution < -0.4 is 5.73 Å². The Hall–Kier alpha value is -1.19. The van der Waals surface area contributed by atoms with Crippen LogP contribution in [0, 0.1) is 0 Å². The number of hydrogen-bond donors (Lipinski definition) is 1. The molecule has 0 saturated heterocycles. The zero-order chi connectivity index (χ0) is 13.6. The zero-order valence-electron chi connectivity index (χ0n) is 11.7. The Morgan fingerprint density at radius 2 is 2.16 bits per heavy atom. The number of rotatable bonds is 2. The average Bonchev–Trinajstić information content (AvgIpc) is 2.84. The van der Waals surface area contributed by atoms with Crippen LogP contribution in [0.3, 0.4) is 0 Å². The van der Waals surface area contributed by atoms with E-state index in [1.54, 1.807) is 11.3 Å². The average molecular weight is 272 g/mol. The van der Waals surface area contributed by atoms with Gasteiger partial charge in [-0.25, -0.2) is 4.98 Å². The molecule has 1 aromatic carbocycles. The van der Waals surface area contributed by atoms with Crippen molar-refractivity contribution in [3.63, 3.8) is 0 Å². The van der Waals surface area contributed by atoms with Crippen LogP contribution in [0.15, 0.2) is 24.3 Å². The van der Waals surface area contributed by atoms with Crippen LogP contribution in [0.25, 0.3) is 11.3 Å². The second-order valence-electron chi connectivity index (χ2n) is 5.75. The van der Waals surface area contributed by atoms with Gasteiger partial charge < -0.3 is 5.73 Å². The molecule has 2 N–H and O–H groups in total. The lowest BCUT2D eigenvalue weighted by Gasteiger charge is -2.21. The van der Waals surface area contributed by atoms with E-state index in [9.17, 15) is 0 Å². The molecule has 0 saturated carbocycles. The van der Waals surface area contributed by atoms with Gasteiger partial charge in [-0.3, -0.25) is 0 Å². The number of nitrogens with two attached hydrogens (primary N) is 1. The minimum atomic E-state index is -0.305. The molecule has 1 aliphatic carbocycles. The topological polar surface area (TPSA) is 38.9 Å². The summed E-state index contributed by atoms with van der Waals surface area (Å²) in [5.74, 6) is 0.572. The van der Waals surface area contributed by atoms with E-state index in [2.05, 4.69) is 45.0 Å². The van der Waals surface area contributed by atoms with Gasteiger partial charge in [0.1, 0.15) is 5.01 Å². The van der Waals surface area contributed by atoms with E-state index in [1.165, 1.54) is 21.7 Å². The first-order chi connectivity index (χ1) is 9.03. The first kappa shape index (κ1) is 12.8. The van der Waals surface area contributed by atoms with Crippen LogP contribution in [-0.4, -0.2) is 4.98 Å². The summed E-state index contributed by atoms with van der Waals surface area (Å²) in [4.78, 5) is 6.26. The molecular weight excluding hydrogens is 252 g/mol. The fourth-order valence-corrected chi connectivity index (χ4v) is 3.96. The molecule has 1 heterocycles. The van der Waals surface area contributed by atoms with Crippen LogP contribution in [0.2, 0.25) is 0 Å². The van der Waals surface area contributed by atoms with E-state index in [1.807, 2.05) is 0 Å². The van der Waals surface area contributed by atoms with E-state index in [-0.39, 0.29) is 5.54 Å². The smallest absolute Gasteiger partial charge is 0.113 e. The fraction of sp³-hybridized carbons (Fsp3) is 0.438. The molecule has 1 aromatic heterocycles. The summed E-state index contributed by atoms with van der Waals surface area (Å²) >= 11 is 1.80. The minimum absolute atomic E-state index is 0.305. The molecule has 0 spiro atoms. The summed E-state index contributed by atoms with van der Waals surface area (Å²) in [5, 5.41) is 1.07. The summed E-state index contributed by atoms with van der Waals surface area (Å²) in [6, 6.07) is 8.63.